The summed E-state index contributed by atoms with van der Waals surface area (Å²) in [6.45, 7) is 11.4. The molecule has 2 heterocycles. The van der Waals surface area contributed by atoms with Crippen LogP contribution in [0.15, 0.2) is 54.2 Å². The Morgan fingerprint density at radius 2 is 2.00 bits per heavy atom. The minimum absolute atomic E-state index is 0.399. The molecular weight excluding hydrogens is 354 g/mol. The molecule has 0 spiro atoms. The Kier molecular flexibility index (Phi) is 7.37. The van der Waals surface area contributed by atoms with Crippen molar-refractivity contribution in [3.8, 4) is 5.75 Å². The lowest BCUT2D eigenvalue weighted by atomic mass is 10.2. The second-order valence-corrected chi connectivity index (χ2v) is 6.60. The van der Waals surface area contributed by atoms with E-state index in [9.17, 15) is 0 Å². The first-order chi connectivity index (χ1) is 13.7. The minimum Gasteiger partial charge on any atom is -0.492 e. The maximum absolute atomic E-state index is 5.91. The van der Waals surface area contributed by atoms with Crippen LogP contribution in [0, 0.1) is 6.92 Å². The summed E-state index contributed by atoms with van der Waals surface area (Å²) in [5.74, 6) is 1.79. The average molecular weight is 381 g/mol. The van der Waals surface area contributed by atoms with Crippen molar-refractivity contribution >= 4 is 12.0 Å². The summed E-state index contributed by atoms with van der Waals surface area (Å²) in [5.41, 5.74) is 1.88. The van der Waals surface area contributed by atoms with Gasteiger partial charge in [0.15, 0.2) is 5.82 Å². The fraction of sp³-hybridized carbons (Fsp3) is 0.381. The number of hydrogen-bond acceptors (Lipinski definition) is 7. The number of piperazine rings is 1. The molecule has 7 nitrogen and oxygen atoms in total. The van der Waals surface area contributed by atoms with E-state index in [1.165, 1.54) is 0 Å². The summed E-state index contributed by atoms with van der Waals surface area (Å²) in [7, 11) is 0. The normalized spacial score (nSPS) is 15.0. The molecule has 0 aliphatic carbocycles. The second kappa shape index (κ2) is 10.4. The predicted molar refractivity (Wildman–Crippen MR) is 111 cm³/mol. The van der Waals surface area contributed by atoms with Gasteiger partial charge in [-0.2, -0.15) is 5.10 Å². The molecule has 1 fully saturated rings. The van der Waals surface area contributed by atoms with Gasteiger partial charge < -0.3 is 14.5 Å². The van der Waals surface area contributed by atoms with Gasteiger partial charge >= 0.3 is 0 Å². The topological polar surface area (TPSA) is 63.1 Å². The van der Waals surface area contributed by atoms with Crippen LogP contribution < -0.4 is 9.64 Å². The average Bonchev–Trinajstić information content (AvgIpc) is 2.73. The van der Waals surface area contributed by atoms with E-state index in [1.54, 1.807) is 12.3 Å². The number of aromatic nitrogens is 2. The number of benzene rings is 1. The Morgan fingerprint density at radius 3 is 2.75 bits per heavy atom. The molecule has 0 radical (unpaired) electrons. The molecule has 0 atom stereocenters. The number of anilines is 1. The smallest absolute Gasteiger partial charge is 0.151 e. The molecule has 1 aliphatic rings. The van der Waals surface area contributed by atoms with Gasteiger partial charge in [-0.1, -0.05) is 29.9 Å². The molecule has 1 aliphatic heterocycles. The Bertz CT molecular complexity index is 771. The zero-order chi connectivity index (χ0) is 19.6. The summed E-state index contributed by atoms with van der Waals surface area (Å²) < 4.78 is 5.91. The highest BCUT2D eigenvalue weighted by molar-refractivity contribution is 5.79. The van der Waals surface area contributed by atoms with Crippen LogP contribution in [0.2, 0.25) is 0 Å². The highest BCUT2D eigenvalue weighted by atomic mass is 16.6. The molecule has 0 bridgehead atoms. The third kappa shape index (κ3) is 6.06. The highest BCUT2D eigenvalue weighted by Crippen LogP contribution is 2.14. The Labute approximate surface area is 166 Å². The van der Waals surface area contributed by atoms with Gasteiger partial charge in [-0.3, -0.25) is 4.90 Å². The molecule has 0 unspecified atom stereocenters. The third-order valence-corrected chi connectivity index (χ3v) is 4.48. The van der Waals surface area contributed by atoms with E-state index in [2.05, 4.69) is 31.7 Å². The monoisotopic (exact) mass is 381 g/mol. The van der Waals surface area contributed by atoms with Crippen molar-refractivity contribution in [2.24, 2.45) is 5.16 Å². The maximum Gasteiger partial charge on any atom is 0.151 e. The van der Waals surface area contributed by atoms with E-state index < -0.39 is 0 Å². The van der Waals surface area contributed by atoms with E-state index in [-0.39, 0.29) is 0 Å². The van der Waals surface area contributed by atoms with Crippen molar-refractivity contribution in [2.45, 2.75) is 6.92 Å². The number of ether oxygens (including phenoxy) is 1. The summed E-state index contributed by atoms with van der Waals surface area (Å²) in [5, 5.41) is 12.3. The Morgan fingerprint density at radius 1 is 1.14 bits per heavy atom. The van der Waals surface area contributed by atoms with Crippen molar-refractivity contribution in [2.75, 3.05) is 50.8 Å². The number of hydrogen-bond donors (Lipinski definition) is 0. The first kappa shape index (κ1) is 19.8. The van der Waals surface area contributed by atoms with Crippen molar-refractivity contribution in [1.29, 1.82) is 0 Å². The fourth-order valence-corrected chi connectivity index (χ4v) is 2.93. The van der Waals surface area contributed by atoms with Gasteiger partial charge in [0.1, 0.15) is 19.0 Å². The minimum atomic E-state index is 0.399. The summed E-state index contributed by atoms with van der Waals surface area (Å²) in [4.78, 5) is 9.71. The van der Waals surface area contributed by atoms with Crippen molar-refractivity contribution in [3.63, 3.8) is 0 Å². The summed E-state index contributed by atoms with van der Waals surface area (Å²) >= 11 is 0. The molecule has 7 heteroatoms. The molecule has 2 aromatic rings. The predicted octanol–water partition coefficient (Wildman–Crippen LogP) is 2.52. The van der Waals surface area contributed by atoms with Crippen LogP contribution in [0.5, 0.6) is 5.75 Å². The summed E-state index contributed by atoms with van der Waals surface area (Å²) in [6, 6.07) is 11.9. The first-order valence-corrected chi connectivity index (χ1v) is 9.51. The SMILES string of the molecule is C=CCON=Cc1cccc(OCCN2CCN(c3ccc(C)nn3)CC2)c1. The molecule has 0 saturated carbocycles. The molecule has 0 N–H and O–H groups in total. The van der Waals surface area contributed by atoms with Gasteiger partial charge in [0.05, 0.1) is 11.9 Å². The zero-order valence-electron chi connectivity index (χ0n) is 16.3. The van der Waals surface area contributed by atoms with Crippen LogP contribution in [0.4, 0.5) is 5.82 Å². The lowest BCUT2D eigenvalue weighted by Gasteiger charge is -2.35. The number of aryl methyl sites for hydroxylation is 1. The van der Waals surface area contributed by atoms with Gasteiger partial charge in [-0.15, -0.1) is 5.10 Å². The Hall–Kier alpha value is -2.93. The van der Waals surface area contributed by atoms with E-state index in [1.807, 2.05) is 43.3 Å². The van der Waals surface area contributed by atoms with Crippen LogP contribution in [-0.4, -0.2) is 67.2 Å². The molecule has 28 heavy (non-hydrogen) atoms. The third-order valence-electron chi connectivity index (χ3n) is 4.48. The van der Waals surface area contributed by atoms with Crippen LogP contribution in [0.1, 0.15) is 11.3 Å². The quantitative estimate of drug-likeness (QED) is 0.288. The number of rotatable bonds is 9. The van der Waals surface area contributed by atoms with Crippen LogP contribution in [0.25, 0.3) is 0 Å². The number of oxime groups is 1. The van der Waals surface area contributed by atoms with Gasteiger partial charge in [-0.25, -0.2) is 0 Å². The molecule has 148 valence electrons. The van der Waals surface area contributed by atoms with Gasteiger partial charge in [0.25, 0.3) is 0 Å². The van der Waals surface area contributed by atoms with Crippen molar-refractivity contribution in [1.82, 2.24) is 15.1 Å². The van der Waals surface area contributed by atoms with Gasteiger partial charge in [-0.05, 0) is 36.8 Å². The lowest BCUT2D eigenvalue weighted by molar-refractivity contribution is 0.176. The largest absolute Gasteiger partial charge is 0.492 e. The van der Waals surface area contributed by atoms with E-state index >= 15 is 0 Å². The lowest BCUT2D eigenvalue weighted by Crippen LogP contribution is -2.47. The number of nitrogens with zero attached hydrogens (tertiary/aromatic N) is 5. The molecule has 0 amide bonds. The maximum atomic E-state index is 5.91. The highest BCUT2D eigenvalue weighted by Gasteiger charge is 2.18. The van der Waals surface area contributed by atoms with Crippen molar-refractivity contribution in [3.05, 3.63) is 60.3 Å². The second-order valence-electron chi connectivity index (χ2n) is 6.60. The molecule has 1 aromatic carbocycles. The van der Waals surface area contributed by atoms with Gasteiger partial charge in [0.2, 0.25) is 0 Å². The van der Waals surface area contributed by atoms with E-state index in [0.717, 1.165) is 55.5 Å². The fourth-order valence-electron chi connectivity index (χ4n) is 2.93. The Balaban J connectivity index is 1.39. The first-order valence-electron chi connectivity index (χ1n) is 9.51. The standard InChI is InChI=1S/C21H27N5O2/c1-3-14-28-22-17-19-5-4-6-20(16-19)27-15-13-25-9-11-26(12-10-25)21-8-7-18(2)23-24-21/h3-8,16-17H,1,9-15H2,2H3. The van der Waals surface area contributed by atoms with E-state index in [4.69, 9.17) is 9.57 Å². The van der Waals surface area contributed by atoms with Crippen molar-refractivity contribution < 1.29 is 9.57 Å². The molecule has 1 saturated heterocycles. The summed E-state index contributed by atoms with van der Waals surface area (Å²) in [6.07, 6.45) is 3.33. The van der Waals surface area contributed by atoms with Crippen LogP contribution >= 0.6 is 0 Å². The molecule has 1 aromatic heterocycles. The van der Waals surface area contributed by atoms with Crippen LogP contribution in [0.3, 0.4) is 0 Å². The van der Waals surface area contributed by atoms with Crippen LogP contribution in [-0.2, 0) is 4.84 Å². The zero-order valence-corrected chi connectivity index (χ0v) is 16.3. The van der Waals surface area contributed by atoms with E-state index in [0.29, 0.717) is 13.2 Å². The molecule has 3 rings (SSSR count). The van der Waals surface area contributed by atoms with Gasteiger partial charge in [0, 0.05) is 32.7 Å². The molecular formula is C21H27N5O2.